The molecule has 2 N–H and O–H groups in total. The summed E-state index contributed by atoms with van der Waals surface area (Å²) in [7, 11) is 0. The van der Waals surface area contributed by atoms with E-state index < -0.39 is 5.91 Å². The number of carbonyl (C=O) groups excluding carboxylic acids is 1. The number of hydrogen-bond donors (Lipinski definition) is 2. The Bertz CT molecular complexity index is 1010. The molecule has 148 valence electrons. The predicted octanol–water partition coefficient (Wildman–Crippen LogP) is 3.62. The van der Waals surface area contributed by atoms with Gasteiger partial charge in [0.25, 0.3) is 0 Å². The van der Waals surface area contributed by atoms with Crippen molar-refractivity contribution < 1.29 is 18.7 Å². The highest BCUT2D eigenvalue weighted by atomic mass is 19.1. The molecule has 3 rings (SSSR count). The summed E-state index contributed by atoms with van der Waals surface area (Å²) >= 11 is 0. The summed E-state index contributed by atoms with van der Waals surface area (Å²) in [5.41, 5.74) is 1.79. The molecule has 0 saturated carbocycles. The lowest BCUT2D eigenvalue weighted by Gasteiger charge is -2.12. The number of ether oxygens (including phenoxy) is 2. The maximum absolute atomic E-state index is 13.0. The van der Waals surface area contributed by atoms with Crippen LogP contribution in [-0.2, 0) is 9.53 Å². The van der Waals surface area contributed by atoms with Gasteiger partial charge >= 0.3 is 5.91 Å². The van der Waals surface area contributed by atoms with E-state index in [9.17, 15) is 9.18 Å². The molecule has 1 aromatic heterocycles. The van der Waals surface area contributed by atoms with Crippen molar-refractivity contribution in [3.63, 3.8) is 0 Å². The van der Waals surface area contributed by atoms with Crippen LogP contribution in [-0.4, -0.2) is 35.7 Å². The van der Waals surface area contributed by atoms with Gasteiger partial charge in [-0.3, -0.25) is 4.79 Å². The molecule has 1 heterocycles. The molecule has 0 aliphatic rings. The average molecular weight is 393 g/mol. The van der Waals surface area contributed by atoms with Crippen molar-refractivity contribution in [2.45, 2.75) is 6.92 Å². The van der Waals surface area contributed by atoms with Gasteiger partial charge in [0.05, 0.1) is 12.3 Å². The lowest BCUT2D eigenvalue weighted by atomic mass is 10.1. The van der Waals surface area contributed by atoms with E-state index in [1.54, 1.807) is 24.5 Å². The Morgan fingerprint density at radius 2 is 2.03 bits per heavy atom. The Kier molecular flexibility index (Phi) is 6.98. The monoisotopic (exact) mass is 393 g/mol. The quantitative estimate of drug-likeness (QED) is 0.475. The number of nitrogens with one attached hydrogen (secondary N) is 2. The van der Waals surface area contributed by atoms with E-state index >= 15 is 0 Å². The van der Waals surface area contributed by atoms with Gasteiger partial charge in [0.2, 0.25) is 0 Å². The van der Waals surface area contributed by atoms with Crippen molar-refractivity contribution in [3.8, 4) is 29.0 Å². The van der Waals surface area contributed by atoms with E-state index in [0.29, 0.717) is 42.6 Å². The number of H-pyrrole nitrogens is 1. The number of carbonyl (C=O) groups is 1. The maximum Gasteiger partial charge on any atom is 0.300 e. The molecular weight excluding hydrogens is 373 g/mol. The molecule has 29 heavy (non-hydrogen) atoms. The number of imidazole rings is 1. The summed E-state index contributed by atoms with van der Waals surface area (Å²) in [5, 5.41) is 2.74. The molecule has 2 aromatic carbocycles. The second kappa shape index (κ2) is 10.1. The van der Waals surface area contributed by atoms with Gasteiger partial charge in [0, 0.05) is 36.0 Å². The summed E-state index contributed by atoms with van der Waals surface area (Å²) in [6, 6.07) is 11.0. The van der Waals surface area contributed by atoms with Crippen LogP contribution in [0.5, 0.6) is 5.75 Å². The van der Waals surface area contributed by atoms with Gasteiger partial charge in [0.1, 0.15) is 24.0 Å². The largest absolute Gasteiger partial charge is 0.489 e. The van der Waals surface area contributed by atoms with Crippen molar-refractivity contribution in [2.24, 2.45) is 0 Å². The molecule has 0 unspecified atom stereocenters. The Balaban J connectivity index is 1.77. The number of aromatic nitrogens is 2. The lowest BCUT2D eigenvalue weighted by Crippen LogP contribution is -2.12. The number of anilines is 1. The van der Waals surface area contributed by atoms with Crippen molar-refractivity contribution in [2.75, 3.05) is 25.1 Å². The molecule has 0 bridgehead atoms. The minimum atomic E-state index is -0.513. The van der Waals surface area contributed by atoms with E-state index in [2.05, 4.69) is 27.1 Å². The lowest BCUT2D eigenvalue weighted by molar-refractivity contribution is -0.111. The van der Waals surface area contributed by atoms with Gasteiger partial charge in [-0.05, 0) is 49.4 Å². The summed E-state index contributed by atoms with van der Waals surface area (Å²) in [4.78, 5) is 19.6. The van der Waals surface area contributed by atoms with Gasteiger partial charge in [-0.2, -0.15) is 0 Å². The smallest absolute Gasteiger partial charge is 0.300 e. The van der Waals surface area contributed by atoms with E-state index in [-0.39, 0.29) is 5.82 Å². The number of hydrogen-bond acceptors (Lipinski definition) is 4. The third-order valence-electron chi connectivity index (χ3n) is 3.85. The highest BCUT2D eigenvalue weighted by Crippen LogP contribution is 2.29. The number of halogens is 1. The fraction of sp³-hybridized carbons (Fsp3) is 0.182. The molecule has 0 aliphatic heterocycles. The highest BCUT2D eigenvalue weighted by Gasteiger charge is 2.10. The number of rotatable bonds is 7. The Morgan fingerprint density at radius 1 is 1.21 bits per heavy atom. The van der Waals surface area contributed by atoms with Crippen molar-refractivity contribution in [1.29, 1.82) is 0 Å². The van der Waals surface area contributed by atoms with E-state index in [1.165, 1.54) is 24.3 Å². The van der Waals surface area contributed by atoms with Crippen LogP contribution in [0.1, 0.15) is 12.5 Å². The van der Waals surface area contributed by atoms with Crippen LogP contribution < -0.4 is 10.1 Å². The summed E-state index contributed by atoms with van der Waals surface area (Å²) in [6.07, 6.45) is 3.36. The first kappa shape index (κ1) is 20.1. The average Bonchev–Trinajstić information content (AvgIpc) is 3.26. The first-order chi connectivity index (χ1) is 14.2. The third-order valence-corrected chi connectivity index (χ3v) is 3.85. The highest BCUT2D eigenvalue weighted by molar-refractivity contribution is 6.05. The van der Waals surface area contributed by atoms with E-state index in [4.69, 9.17) is 9.47 Å². The Morgan fingerprint density at radius 3 is 2.76 bits per heavy atom. The van der Waals surface area contributed by atoms with Crippen LogP contribution in [0, 0.1) is 17.7 Å². The second-order valence-electron chi connectivity index (χ2n) is 5.91. The van der Waals surface area contributed by atoms with Crippen LogP contribution in [0.2, 0.25) is 0 Å². The molecular formula is C22H20FN3O3. The Hall–Kier alpha value is -3.63. The van der Waals surface area contributed by atoms with Gasteiger partial charge < -0.3 is 19.8 Å². The van der Waals surface area contributed by atoms with Crippen LogP contribution in [0.25, 0.3) is 11.4 Å². The van der Waals surface area contributed by atoms with Gasteiger partial charge in [-0.1, -0.05) is 5.92 Å². The van der Waals surface area contributed by atoms with Crippen molar-refractivity contribution in [3.05, 3.63) is 66.2 Å². The summed E-state index contributed by atoms with van der Waals surface area (Å²) in [5.74, 6) is 5.50. The number of amides is 1. The topological polar surface area (TPSA) is 76.2 Å². The number of aromatic amines is 1. The zero-order valence-electron chi connectivity index (χ0n) is 15.9. The molecule has 0 fully saturated rings. The van der Waals surface area contributed by atoms with Gasteiger partial charge in [-0.15, -0.1) is 0 Å². The molecule has 0 saturated heterocycles. The van der Waals surface area contributed by atoms with Gasteiger partial charge in [0.15, 0.2) is 0 Å². The SMILES string of the molecule is CCOCCOc1ccc(-c2ncc[nH]2)cc1NC(=O)C#Cc1ccc(F)cc1. The summed E-state index contributed by atoms with van der Waals surface area (Å²) in [6.45, 7) is 3.29. The van der Waals surface area contributed by atoms with Crippen LogP contribution in [0.15, 0.2) is 54.9 Å². The molecule has 6 nitrogen and oxygen atoms in total. The molecule has 0 radical (unpaired) electrons. The van der Waals surface area contributed by atoms with Crippen LogP contribution in [0.3, 0.4) is 0 Å². The van der Waals surface area contributed by atoms with Crippen molar-refractivity contribution in [1.82, 2.24) is 9.97 Å². The van der Waals surface area contributed by atoms with E-state index in [0.717, 1.165) is 5.56 Å². The minimum absolute atomic E-state index is 0.345. The van der Waals surface area contributed by atoms with Crippen LogP contribution in [0.4, 0.5) is 10.1 Å². The third kappa shape index (κ3) is 5.92. The molecule has 0 aliphatic carbocycles. The molecule has 3 aromatic rings. The molecule has 0 spiro atoms. The molecule has 7 heteroatoms. The predicted molar refractivity (Wildman–Crippen MR) is 108 cm³/mol. The molecule has 1 amide bonds. The van der Waals surface area contributed by atoms with E-state index in [1.807, 2.05) is 13.0 Å². The normalized spacial score (nSPS) is 10.1. The van der Waals surface area contributed by atoms with Crippen LogP contribution >= 0.6 is 0 Å². The first-order valence-corrected chi connectivity index (χ1v) is 9.08. The minimum Gasteiger partial charge on any atom is -0.489 e. The standard InChI is InChI=1S/C22H20FN3O3/c1-2-28-13-14-29-20-9-6-17(22-24-11-12-25-22)15-19(20)26-21(27)10-5-16-3-7-18(23)8-4-16/h3-4,6-9,11-12,15H,2,13-14H2,1H3,(H,24,25)(H,26,27). The van der Waals surface area contributed by atoms with Gasteiger partial charge in [-0.25, -0.2) is 9.37 Å². The first-order valence-electron chi connectivity index (χ1n) is 9.08. The number of benzene rings is 2. The number of nitrogens with zero attached hydrogens (tertiary/aromatic N) is 1. The zero-order chi connectivity index (χ0) is 20.5. The fourth-order valence-corrected chi connectivity index (χ4v) is 2.49. The maximum atomic E-state index is 13.0. The fourth-order valence-electron chi connectivity index (χ4n) is 2.49. The summed E-state index contributed by atoms with van der Waals surface area (Å²) < 4.78 is 24.0. The second-order valence-corrected chi connectivity index (χ2v) is 5.91. The Labute approximate surface area is 168 Å². The molecule has 0 atom stereocenters. The zero-order valence-corrected chi connectivity index (χ0v) is 15.9. The van der Waals surface area contributed by atoms with Crippen molar-refractivity contribution >= 4 is 11.6 Å².